The number of esters is 1. The summed E-state index contributed by atoms with van der Waals surface area (Å²) in [7, 11) is 0. The summed E-state index contributed by atoms with van der Waals surface area (Å²) in [5.74, 6) is -0.0519. The van der Waals surface area contributed by atoms with Crippen LogP contribution in [0.1, 0.15) is 52.7 Å². The highest BCUT2D eigenvalue weighted by Crippen LogP contribution is 2.33. The van der Waals surface area contributed by atoms with Crippen molar-refractivity contribution in [1.82, 2.24) is 4.90 Å². The molecule has 0 N–H and O–H groups in total. The molecule has 0 unspecified atom stereocenters. The Morgan fingerprint density at radius 3 is 2.43 bits per heavy atom. The number of hydrogen-bond donors (Lipinski definition) is 0. The fourth-order valence-electron chi connectivity index (χ4n) is 4.92. The Balaban J connectivity index is 1.28. The van der Waals surface area contributed by atoms with E-state index in [1.54, 1.807) is 30.3 Å². The van der Waals surface area contributed by atoms with Crippen LogP contribution in [-0.2, 0) is 23.9 Å². The van der Waals surface area contributed by atoms with Crippen molar-refractivity contribution in [2.75, 3.05) is 6.54 Å². The number of alkyl halides is 3. The lowest BCUT2D eigenvalue weighted by atomic mass is 9.98. The highest BCUT2D eigenvalue weighted by molar-refractivity contribution is 5.98. The number of allylic oxidation sites excluding steroid dienone is 1. The Labute approximate surface area is 213 Å². The molecule has 3 aromatic rings. The molecule has 190 valence electrons. The van der Waals surface area contributed by atoms with Crippen molar-refractivity contribution in [1.29, 1.82) is 0 Å². The van der Waals surface area contributed by atoms with Gasteiger partial charge >= 0.3 is 12.1 Å². The monoisotopic (exact) mass is 505 g/mol. The molecule has 7 heteroatoms. The van der Waals surface area contributed by atoms with E-state index in [2.05, 4.69) is 6.08 Å². The summed E-state index contributed by atoms with van der Waals surface area (Å²) in [6.07, 6.45) is 2.10. The van der Waals surface area contributed by atoms with Crippen LogP contribution in [-0.4, -0.2) is 23.3 Å². The molecule has 0 fully saturated rings. The maximum Gasteiger partial charge on any atom is 0.416 e. The van der Waals surface area contributed by atoms with E-state index in [1.165, 1.54) is 17.7 Å². The van der Waals surface area contributed by atoms with E-state index in [1.807, 2.05) is 17.0 Å². The molecule has 0 saturated heterocycles. The summed E-state index contributed by atoms with van der Waals surface area (Å²) in [5.41, 5.74) is 3.79. The lowest BCUT2D eigenvalue weighted by Gasteiger charge is -2.29. The van der Waals surface area contributed by atoms with Crippen LogP contribution >= 0.6 is 0 Å². The number of fused-ring (bicyclic) bond motifs is 1. The molecular formula is C30H26F3NO3. The molecule has 1 aliphatic heterocycles. The van der Waals surface area contributed by atoms with Gasteiger partial charge in [-0.2, -0.15) is 13.2 Å². The number of carbonyl (C=O) groups is 2. The van der Waals surface area contributed by atoms with Crippen molar-refractivity contribution in [3.05, 3.63) is 101 Å². The van der Waals surface area contributed by atoms with Gasteiger partial charge in [-0.3, -0.25) is 4.79 Å². The topological polar surface area (TPSA) is 46.6 Å². The number of rotatable bonds is 5. The number of halogens is 3. The van der Waals surface area contributed by atoms with E-state index in [4.69, 9.17) is 4.74 Å². The Kier molecular flexibility index (Phi) is 6.87. The van der Waals surface area contributed by atoms with Gasteiger partial charge in [0.1, 0.15) is 5.75 Å². The smallest absolute Gasteiger partial charge is 0.416 e. The van der Waals surface area contributed by atoms with Crippen molar-refractivity contribution in [3.63, 3.8) is 0 Å². The maximum atomic E-state index is 13.0. The first kappa shape index (κ1) is 24.8. The first-order chi connectivity index (χ1) is 17.8. The fourth-order valence-corrected chi connectivity index (χ4v) is 4.92. The third-order valence-electron chi connectivity index (χ3n) is 6.94. The fraction of sp³-hybridized carbons (Fsp3) is 0.267. The third-order valence-corrected chi connectivity index (χ3v) is 6.94. The van der Waals surface area contributed by atoms with Crippen LogP contribution < -0.4 is 4.74 Å². The van der Waals surface area contributed by atoms with Crippen molar-refractivity contribution >= 4 is 11.9 Å². The molecule has 1 aliphatic carbocycles. The van der Waals surface area contributed by atoms with Crippen LogP contribution in [0.4, 0.5) is 13.2 Å². The molecule has 0 bridgehead atoms. The molecule has 0 aromatic heterocycles. The second-order valence-corrected chi connectivity index (χ2v) is 9.44. The second kappa shape index (κ2) is 10.2. The Morgan fingerprint density at radius 2 is 1.70 bits per heavy atom. The number of carbonyl (C=O) groups excluding carboxylic acids is 2. The molecule has 3 aromatic carbocycles. The molecule has 0 atom stereocenters. The minimum absolute atomic E-state index is 0.147. The van der Waals surface area contributed by atoms with E-state index in [-0.39, 0.29) is 11.5 Å². The Bertz CT molecular complexity index is 1360. The van der Waals surface area contributed by atoms with Gasteiger partial charge in [0.15, 0.2) is 0 Å². The predicted octanol–water partition coefficient (Wildman–Crippen LogP) is 6.98. The van der Waals surface area contributed by atoms with Crippen LogP contribution in [0.5, 0.6) is 5.75 Å². The first-order valence-electron chi connectivity index (χ1n) is 12.3. The largest absolute Gasteiger partial charge is 0.423 e. The van der Waals surface area contributed by atoms with Crippen molar-refractivity contribution in [2.24, 2.45) is 0 Å². The van der Waals surface area contributed by atoms with Gasteiger partial charge in [0.25, 0.3) is 0 Å². The minimum Gasteiger partial charge on any atom is -0.423 e. The molecule has 0 radical (unpaired) electrons. The summed E-state index contributed by atoms with van der Waals surface area (Å²) in [5, 5.41) is 0. The summed E-state index contributed by atoms with van der Waals surface area (Å²) in [6.45, 7) is 1.15. The summed E-state index contributed by atoms with van der Waals surface area (Å²) >= 11 is 0. The van der Waals surface area contributed by atoms with E-state index in [0.29, 0.717) is 42.8 Å². The maximum absolute atomic E-state index is 13.0. The van der Waals surface area contributed by atoms with Gasteiger partial charge in [0, 0.05) is 19.5 Å². The second-order valence-electron chi connectivity index (χ2n) is 9.44. The highest BCUT2D eigenvalue weighted by atomic mass is 19.4. The highest BCUT2D eigenvalue weighted by Gasteiger charge is 2.30. The quantitative estimate of drug-likeness (QED) is 0.214. The molecule has 1 amide bonds. The number of benzene rings is 3. The van der Waals surface area contributed by atoms with Gasteiger partial charge in [0.2, 0.25) is 5.91 Å². The SMILES string of the molecule is O=C(Oc1ccc2c(c1)CCN(C(=O)CC1=CCCC1)C2)c1ccccc1-c1ccc(C(F)(F)F)cc1. The minimum atomic E-state index is -4.43. The third kappa shape index (κ3) is 5.61. The zero-order chi connectivity index (χ0) is 26.0. The summed E-state index contributed by atoms with van der Waals surface area (Å²) in [6, 6.07) is 16.8. The van der Waals surface area contributed by atoms with Crippen molar-refractivity contribution in [2.45, 2.75) is 44.8 Å². The standard InChI is InChI=1S/C30H26F3NO3/c31-30(32,33)24-12-9-21(10-13-24)26-7-3-4-8-27(26)29(36)37-25-14-11-23-19-34(16-15-22(23)18-25)28(35)17-20-5-1-2-6-20/h3-5,7-14,18H,1-2,6,15-17,19H2. The number of nitrogens with zero attached hydrogens (tertiary/aromatic N) is 1. The molecule has 5 rings (SSSR count). The molecule has 1 heterocycles. The Morgan fingerprint density at radius 1 is 0.919 bits per heavy atom. The first-order valence-corrected chi connectivity index (χ1v) is 12.3. The van der Waals surface area contributed by atoms with Crippen LogP contribution in [0, 0.1) is 0 Å². The van der Waals surface area contributed by atoms with Gasteiger partial charge in [-0.05, 0) is 78.3 Å². The summed E-state index contributed by atoms with van der Waals surface area (Å²) in [4.78, 5) is 27.6. The lowest BCUT2D eigenvalue weighted by molar-refractivity contribution is -0.137. The average Bonchev–Trinajstić information content (AvgIpc) is 3.41. The van der Waals surface area contributed by atoms with Crippen LogP contribution in [0.2, 0.25) is 0 Å². The van der Waals surface area contributed by atoms with Gasteiger partial charge in [-0.15, -0.1) is 0 Å². The molecule has 4 nitrogen and oxygen atoms in total. The van der Waals surface area contributed by atoms with Gasteiger partial charge < -0.3 is 9.64 Å². The van der Waals surface area contributed by atoms with Gasteiger partial charge in [-0.25, -0.2) is 4.79 Å². The predicted molar refractivity (Wildman–Crippen MR) is 134 cm³/mol. The molecular weight excluding hydrogens is 479 g/mol. The molecule has 0 saturated carbocycles. The molecule has 0 spiro atoms. The van der Waals surface area contributed by atoms with E-state index in [0.717, 1.165) is 42.5 Å². The lowest BCUT2D eigenvalue weighted by Crippen LogP contribution is -2.36. The van der Waals surface area contributed by atoms with Gasteiger partial charge in [0.05, 0.1) is 11.1 Å². The zero-order valence-corrected chi connectivity index (χ0v) is 20.2. The Hall–Kier alpha value is -3.87. The zero-order valence-electron chi connectivity index (χ0n) is 20.2. The van der Waals surface area contributed by atoms with Crippen LogP contribution in [0.25, 0.3) is 11.1 Å². The molecule has 37 heavy (non-hydrogen) atoms. The van der Waals surface area contributed by atoms with Gasteiger partial charge in [-0.1, -0.05) is 48.0 Å². The normalized spacial score (nSPS) is 15.2. The van der Waals surface area contributed by atoms with Crippen molar-refractivity contribution in [3.8, 4) is 16.9 Å². The number of ether oxygens (including phenoxy) is 1. The van der Waals surface area contributed by atoms with Crippen molar-refractivity contribution < 1.29 is 27.5 Å². The number of amides is 1. The average molecular weight is 506 g/mol. The summed E-state index contributed by atoms with van der Waals surface area (Å²) < 4.78 is 44.5. The number of hydrogen-bond acceptors (Lipinski definition) is 3. The molecule has 2 aliphatic rings. The van der Waals surface area contributed by atoms with E-state index < -0.39 is 17.7 Å². The van der Waals surface area contributed by atoms with E-state index >= 15 is 0 Å². The van der Waals surface area contributed by atoms with Crippen LogP contribution in [0.15, 0.2) is 78.4 Å². The van der Waals surface area contributed by atoms with Crippen LogP contribution in [0.3, 0.4) is 0 Å². The van der Waals surface area contributed by atoms with E-state index in [9.17, 15) is 22.8 Å².